The summed E-state index contributed by atoms with van der Waals surface area (Å²) in [5.74, 6) is 1.52. The molecule has 10 nitrogen and oxygen atoms in total. The number of hydrogen-bond donors (Lipinski definition) is 0. The molecule has 0 saturated heterocycles. The lowest BCUT2D eigenvalue weighted by Crippen LogP contribution is -2.20. The van der Waals surface area contributed by atoms with Crippen molar-refractivity contribution in [1.29, 1.82) is 0 Å². The molecule has 220 valence electrons. The van der Waals surface area contributed by atoms with Crippen LogP contribution in [0.3, 0.4) is 0 Å². The van der Waals surface area contributed by atoms with Gasteiger partial charge in [0.1, 0.15) is 12.2 Å². The summed E-state index contributed by atoms with van der Waals surface area (Å²) in [6, 6.07) is 24.3. The van der Waals surface area contributed by atoms with E-state index in [1.807, 2.05) is 43.3 Å². The number of para-hydroxylation sites is 2. The standard InChI is InChI=1S/C32H22Br2N4O6/c1-2-42-26-16-21(28(33)29(34)30(26)43-18-19-11-13-22(14-12-19)38(40)41)17-35-37-31(27-15-20-7-3-6-10-25(20)44-27)36-24-9-5-4-8-23(24)32(37)39/h3-17H,2,18H2,1H3. The molecule has 0 N–H and O–H groups in total. The van der Waals surface area contributed by atoms with E-state index in [0.717, 1.165) is 10.9 Å². The van der Waals surface area contributed by atoms with Gasteiger partial charge in [0.05, 0.1) is 33.1 Å². The minimum absolute atomic E-state index is 0.000482. The van der Waals surface area contributed by atoms with Crippen LogP contribution in [0.15, 0.2) is 108 Å². The van der Waals surface area contributed by atoms with Crippen LogP contribution >= 0.6 is 31.9 Å². The van der Waals surface area contributed by atoms with Crippen LogP contribution in [0.1, 0.15) is 18.1 Å². The fourth-order valence-electron chi connectivity index (χ4n) is 4.57. The number of nitrogens with zero attached hydrogens (tertiary/aromatic N) is 4. The van der Waals surface area contributed by atoms with Crippen molar-refractivity contribution in [3.8, 4) is 23.1 Å². The van der Waals surface area contributed by atoms with Crippen molar-refractivity contribution in [2.45, 2.75) is 13.5 Å². The van der Waals surface area contributed by atoms with Crippen LogP contribution in [-0.4, -0.2) is 27.4 Å². The Kier molecular flexibility index (Phi) is 8.27. The summed E-state index contributed by atoms with van der Waals surface area (Å²) < 4.78 is 20.4. The van der Waals surface area contributed by atoms with E-state index in [9.17, 15) is 14.9 Å². The molecule has 0 unspecified atom stereocenters. The quantitative estimate of drug-likeness (QED) is 0.0841. The number of rotatable bonds is 9. The molecule has 2 heterocycles. The average Bonchev–Trinajstić information content (AvgIpc) is 3.47. The van der Waals surface area contributed by atoms with Gasteiger partial charge in [0.15, 0.2) is 17.3 Å². The third kappa shape index (κ3) is 5.73. The van der Waals surface area contributed by atoms with E-state index in [1.165, 1.54) is 23.0 Å². The molecule has 0 saturated carbocycles. The molecule has 0 aliphatic carbocycles. The van der Waals surface area contributed by atoms with Gasteiger partial charge in [-0.05, 0) is 86.8 Å². The van der Waals surface area contributed by atoms with Gasteiger partial charge in [-0.3, -0.25) is 14.9 Å². The molecule has 12 heteroatoms. The van der Waals surface area contributed by atoms with E-state index in [2.05, 4.69) is 37.0 Å². The Bertz CT molecular complexity index is 2090. The summed E-state index contributed by atoms with van der Waals surface area (Å²) in [6.07, 6.45) is 1.53. The van der Waals surface area contributed by atoms with Crippen molar-refractivity contribution in [2.75, 3.05) is 6.61 Å². The lowest BCUT2D eigenvalue weighted by molar-refractivity contribution is -0.384. The first kappa shape index (κ1) is 29.3. The number of furan rings is 1. The monoisotopic (exact) mass is 716 g/mol. The zero-order chi connectivity index (χ0) is 30.8. The fourth-order valence-corrected chi connectivity index (χ4v) is 5.50. The van der Waals surface area contributed by atoms with Crippen LogP contribution < -0.4 is 15.0 Å². The van der Waals surface area contributed by atoms with Crippen LogP contribution in [-0.2, 0) is 6.61 Å². The van der Waals surface area contributed by atoms with E-state index in [4.69, 9.17) is 18.9 Å². The molecule has 0 aliphatic rings. The highest BCUT2D eigenvalue weighted by Gasteiger charge is 2.19. The molecule has 6 aromatic rings. The molecule has 0 spiro atoms. The third-order valence-corrected chi connectivity index (χ3v) is 8.84. The topological polar surface area (TPSA) is 122 Å². The van der Waals surface area contributed by atoms with Crippen molar-refractivity contribution < 1.29 is 18.8 Å². The van der Waals surface area contributed by atoms with Gasteiger partial charge < -0.3 is 13.9 Å². The highest BCUT2D eigenvalue weighted by molar-refractivity contribution is 9.13. The van der Waals surface area contributed by atoms with Crippen molar-refractivity contribution >= 4 is 65.6 Å². The molecule has 0 aliphatic heterocycles. The molecule has 0 amide bonds. The number of non-ortho nitro benzene ring substituents is 1. The van der Waals surface area contributed by atoms with Gasteiger partial charge in [-0.15, -0.1) is 0 Å². The SMILES string of the molecule is CCOc1cc(C=Nn2c(-c3cc4ccccc4o3)nc3ccccc3c2=O)c(Br)c(Br)c1OCc1ccc([N+](=O)[O-])cc1. The zero-order valence-electron chi connectivity index (χ0n) is 23.1. The highest BCUT2D eigenvalue weighted by Crippen LogP contribution is 2.43. The smallest absolute Gasteiger partial charge is 0.282 e. The molecule has 0 radical (unpaired) electrons. The summed E-state index contributed by atoms with van der Waals surface area (Å²) in [7, 11) is 0. The normalized spacial score (nSPS) is 11.4. The Balaban J connectivity index is 1.39. The van der Waals surface area contributed by atoms with Gasteiger partial charge in [0.25, 0.3) is 11.2 Å². The molecular formula is C32H22Br2N4O6. The molecule has 0 fully saturated rings. The predicted molar refractivity (Wildman–Crippen MR) is 175 cm³/mol. The number of halogens is 2. The Morgan fingerprint density at radius 3 is 2.50 bits per heavy atom. The number of aromatic nitrogens is 2. The maximum atomic E-state index is 13.7. The predicted octanol–water partition coefficient (Wildman–Crippen LogP) is 8.10. The van der Waals surface area contributed by atoms with Gasteiger partial charge in [-0.2, -0.15) is 9.78 Å². The second kappa shape index (κ2) is 12.4. The summed E-state index contributed by atoms with van der Waals surface area (Å²) >= 11 is 7.22. The minimum Gasteiger partial charge on any atom is -0.490 e. The fraction of sp³-hybridized carbons (Fsp3) is 0.0938. The van der Waals surface area contributed by atoms with Gasteiger partial charge in [0, 0.05) is 27.6 Å². The van der Waals surface area contributed by atoms with Gasteiger partial charge in [-0.1, -0.05) is 30.3 Å². The van der Waals surface area contributed by atoms with Crippen LogP contribution in [0, 0.1) is 10.1 Å². The number of benzene rings is 4. The number of nitro benzene ring substituents is 1. The molecular weight excluding hydrogens is 696 g/mol. The van der Waals surface area contributed by atoms with Crippen molar-refractivity contribution in [2.24, 2.45) is 5.10 Å². The van der Waals surface area contributed by atoms with Gasteiger partial charge in [-0.25, -0.2) is 4.98 Å². The molecule has 2 aromatic heterocycles. The van der Waals surface area contributed by atoms with E-state index in [1.54, 1.807) is 36.4 Å². The lowest BCUT2D eigenvalue weighted by Gasteiger charge is -2.16. The number of fused-ring (bicyclic) bond motifs is 2. The third-order valence-electron chi connectivity index (χ3n) is 6.70. The first-order chi connectivity index (χ1) is 21.3. The minimum atomic E-state index is -0.451. The zero-order valence-corrected chi connectivity index (χ0v) is 26.2. The van der Waals surface area contributed by atoms with Crippen LogP contribution in [0.25, 0.3) is 33.5 Å². The summed E-state index contributed by atoms with van der Waals surface area (Å²) in [5.41, 5.74) is 2.17. The van der Waals surface area contributed by atoms with E-state index >= 15 is 0 Å². The Hall–Kier alpha value is -4.81. The van der Waals surface area contributed by atoms with Crippen molar-refractivity contribution in [3.63, 3.8) is 0 Å². The molecule has 44 heavy (non-hydrogen) atoms. The highest BCUT2D eigenvalue weighted by atomic mass is 79.9. The van der Waals surface area contributed by atoms with E-state index in [-0.39, 0.29) is 23.7 Å². The lowest BCUT2D eigenvalue weighted by atomic mass is 10.2. The van der Waals surface area contributed by atoms with Crippen molar-refractivity contribution in [1.82, 2.24) is 9.66 Å². The average molecular weight is 718 g/mol. The maximum absolute atomic E-state index is 13.7. The van der Waals surface area contributed by atoms with E-state index in [0.29, 0.717) is 54.9 Å². The maximum Gasteiger partial charge on any atom is 0.282 e. The molecule has 0 bridgehead atoms. The largest absolute Gasteiger partial charge is 0.490 e. The van der Waals surface area contributed by atoms with Gasteiger partial charge >= 0.3 is 0 Å². The summed E-state index contributed by atoms with van der Waals surface area (Å²) in [4.78, 5) is 28.9. The van der Waals surface area contributed by atoms with Crippen LogP contribution in [0.4, 0.5) is 5.69 Å². The number of ether oxygens (including phenoxy) is 2. The molecule has 6 rings (SSSR count). The first-order valence-corrected chi connectivity index (χ1v) is 15.0. The van der Waals surface area contributed by atoms with Crippen LogP contribution in [0.5, 0.6) is 11.5 Å². The summed E-state index contributed by atoms with van der Waals surface area (Å²) in [6.45, 7) is 2.36. The Morgan fingerprint density at radius 2 is 1.75 bits per heavy atom. The Morgan fingerprint density at radius 1 is 1.00 bits per heavy atom. The van der Waals surface area contributed by atoms with Gasteiger partial charge in [0.2, 0.25) is 5.82 Å². The Labute approximate surface area is 267 Å². The second-order valence-corrected chi connectivity index (χ2v) is 11.1. The van der Waals surface area contributed by atoms with Crippen LogP contribution in [0.2, 0.25) is 0 Å². The van der Waals surface area contributed by atoms with Crippen molar-refractivity contribution in [3.05, 3.63) is 125 Å². The molecule has 0 atom stereocenters. The first-order valence-electron chi connectivity index (χ1n) is 13.4. The molecule has 4 aromatic carbocycles. The second-order valence-electron chi connectivity index (χ2n) is 9.53. The summed E-state index contributed by atoms with van der Waals surface area (Å²) in [5, 5.41) is 16.8. The number of nitro groups is 1. The number of hydrogen-bond acceptors (Lipinski definition) is 8. The van der Waals surface area contributed by atoms with E-state index < -0.39 is 4.92 Å².